The Hall–Kier alpha value is -1.73. The first-order chi connectivity index (χ1) is 12.3. The molecule has 0 unspecified atom stereocenters. The lowest BCUT2D eigenvalue weighted by atomic mass is 9.89. The van der Waals surface area contributed by atoms with Crippen LogP contribution >= 0.6 is 0 Å². The van der Waals surface area contributed by atoms with Gasteiger partial charge >= 0.3 is 0 Å². The molecule has 0 radical (unpaired) electrons. The first-order valence-electron chi connectivity index (χ1n) is 9.27. The number of carbonyl (C=O) groups excluding carboxylic acids is 1. The molecule has 0 N–H and O–H groups in total. The number of aromatic nitrogens is 2. The van der Waals surface area contributed by atoms with Gasteiger partial charge in [0.05, 0.1) is 25.9 Å². The Morgan fingerprint density at radius 1 is 1.16 bits per heavy atom. The summed E-state index contributed by atoms with van der Waals surface area (Å²) in [5.41, 5.74) is -0.283. The van der Waals surface area contributed by atoms with Crippen LogP contribution in [0, 0.1) is 5.92 Å². The maximum atomic E-state index is 12.9. The van der Waals surface area contributed by atoms with E-state index in [2.05, 4.69) is 14.9 Å². The largest absolute Gasteiger partial charge is 0.381 e. The number of hydrogen-bond donors (Lipinski definition) is 0. The van der Waals surface area contributed by atoms with Crippen LogP contribution in [-0.2, 0) is 14.3 Å². The minimum atomic E-state index is -0.283. The van der Waals surface area contributed by atoms with Gasteiger partial charge in [0.25, 0.3) is 0 Å². The summed E-state index contributed by atoms with van der Waals surface area (Å²) in [5.74, 6) is 1.28. The number of amides is 1. The Bertz CT molecular complexity index is 589. The lowest BCUT2D eigenvalue weighted by molar-refractivity contribution is -0.158. The summed E-state index contributed by atoms with van der Waals surface area (Å²) in [6, 6.07) is 0. The van der Waals surface area contributed by atoms with Crippen LogP contribution in [0.25, 0.3) is 0 Å². The lowest BCUT2D eigenvalue weighted by Crippen LogP contribution is -2.61. The molecular formula is C18H26N4O3. The predicted molar refractivity (Wildman–Crippen MR) is 92.3 cm³/mol. The van der Waals surface area contributed by atoms with Crippen molar-refractivity contribution in [2.45, 2.75) is 31.3 Å². The van der Waals surface area contributed by atoms with E-state index < -0.39 is 0 Å². The van der Waals surface area contributed by atoms with Crippen molar-refractivity contribution in [1.82, 2.24) is 14.9 Å². The maximum absolute atomic E-state index is 12.9. The van der Waals surface area contributed by atoms with E-state index in [1.54, 1.807) is 18.6 Å². The quantitative estimate of drug-likeness (QED) is 0.799. The smallest absolute Gasteiger partial charge is 0.226 e. The van der Waals surface area contributed by atoms with Crippen LogP contribution in [0.5, 0.6) is 0 Å². The van der Waals surface area contributed by atoms with Gasteiger partial charge < -0.3 is 19.3 Å². The van der Waals surface area contributed by atoms with E-state index in [0.717, 1.165) is 44.6 Å². The van der Waals surface area contributed by atoms with Crippen LogP contribution in [0.15, 0.2) is 18.6 Å². The van der Waals surface area contributed by atoms with Gasteiger partial charge in [-0.1, -0.05) is 0 Å². The van der Waals surface area contributed by atoms with E-state index in [1.165, 1.54) is 0 Å². The van der Waals surface area contributed by atoms with E-state index in [9.17, 15) is 4.79 Å². The average molecular weight is 346 g/mol. The molecule has 1 amide bonds. The number of nitrogens with zero attached hydrogens (tertiary/aromatic N) is 4. The molecular weight excluding hydrogens is 320 g/mol. The molecule has 3 aliphatic rings. The Morgan fingerprint density at radius 3 is 2.84 bits per heavy atom. The third-order valence-electron chi connectivity index (χ3n) is 5.54. The number of piperidine rings is 1. The number of carbonyl (C=O) groups is 1. The molecule has 3 saturated heterocycles. The second-order valence-corrected chi connectivity index (χ2v) is 7.27. The van der Waals surface area contributed by atoms with E-state index >= 15 is 0 Å². The topological polar surface area (TPSA) is 67.8 Å². The zero-order valence-electron chi connectivity index (χ0n) is 14.6. The summed E-state index contributed by atoms with van der Waals surface area (Å²) in [6.45, 7) is 5.12. The third-order valence-corrected chi connectivity index (χ3v) is 5.54. The zero-order valence-corrected chi connectivity index (χ0v) is 14.6. The van der Waals surface area contributed by atoms with Gasteiger partial charge in [0, 0.05) is 44.6 Å². The highest BCUT2D eigenvalue weighted by molar-refractivity contribution is 5.79. The Balaban J connectivity index is 1.45. The summed E-state index contributed by atoms with van der Waals surface area (Å²) in [5, 5.41) is 0. The fourth-order valence-corrected chi connectivity index (χ4v) is 4.23. The van der Waals surface area contributed by atoms with E-state index in [-0.39, 0.29) is 17.4 Å². The zero-order chi connectivity index (χ0) is 17.1. The molecule has 4 rings (SSSR count). The van der Waals surface area contributed by atoms with Crippen molar-refractivity contribution >= 4 is 11.7 Å². The number of morpholine rings is 1. The minimum absolute atomic E-state index is 0.114. The highest BCUT2D eigenvalue weighted by Crippen LogP contribution is 2.32. The van der Waals surface area contributed by atoms with Gasteiger partial charge in [-0.25, -0.2) is 4.98 Å². The highest BCUT2D eigenvalue weighted by Gasteiger charge is 2.43. The number of rotatable bonds is 2. The molecule has 7 heteroatoms. The molecule has 0 bridgehead atoms. The average Bonchev–Trinajstić information content (AvgIpc) is 2.69. The van der Waals surface area contributed by atoms with Gasteiger partial charge in [-0.3, -0.25) is 9.78 Å². The number of hydrogen-bond acceptors (Lipinski definition) is 6. The molecule has 1 aromatic rings. The van der Waals surface area contributed by atoms with Crippen LogP contribution in [0.3, 0.4) is 0 Å². The standard InChI is InChI=1S/C18H26N4O3/c23-17(15-2-9-24-10-3-15)22-8-11-25-18(14-22)4-1-7-21(13-18)16-12-19-5-6-20-16/h5-6,12,15H,1-4,7-11,13-14H2/t18-/m1/s1. The Kier molecular flexibility index (Phi) is 4.85. The van der Waals surface area contributed by atoms with Crippen molar-refractivity contribution in [2.24, 2.45) is 5.92 Å². The first kappa shape index (κ1) is 16.7. The van der Waals surface area contributed by atoms with Crippen LogP contribution in [-0.4, -0.2) is 72.4 Å². The van der Waals surface area contributed by atoms with Crippen molar-refractivity contribution in [3.05, 3.63) is 18.6 Å². The summed E-state index contributed by atoms with van der Waals surface area (Å²) in [6.07, 6.45) is 8.92. The number of ether oxygens (including phenoxy) is 2. The van der Waals surface area contributed by atoms with Gasteiger partial charge in [-0.2, -0.15) is 0 Å². The number of anilines is 1. The molecule has 136 valence electrons. The van der Waals surface area contributed by atoms with Gasteiger partial charge in [-0.15, -0.1) is 0 Å². The molecule has 3 fully saturated rings. The second kappa shape index (κ2) is 7.25. The second-order valence-electron chi connectivity index (χ2n) is 7.27. The van der Waals surface area contributed by atoms with Crippen molar-refractivity contribution in [3.8, 4) is 0 Å². The molecule has 0 aromatic carbocycles. The molecule has 1 aromatic heterocycles. The SMILES string of the molecule is O=C(C1CCOCC1)N1CCO[C@@]2(CCCN(c3cnccn3)C2)C1. The molecule has 1 spiro atoms. The summed E-state index contributed by atoms with van der Waals surface area (Å²) >= 11 is 0. The maximum Gasteiger partial charge on any atom is 0.226 e. The third kappa shape index (κ3) is 3.62. The fraction of sp³-hybridized carbons (Fsp3) is 0.722. The molecule has 0 aliphatic carbocycles. The Labute approximate surface area is 148 Å². The van der Waals surface area contributed by atoms with Crippen molar-refractivity contribution in [2.75, 3.05) is 50.9 Å². The van der Waals surface area contributed by atoms with Crippen LogP contribution < -0.4 is 4.90 Å². The molecule has 25 heavy (non-hydrogen) atoms. The van der Waals surface area contributed by atoms with Crippen molar-refractivity contribution < 1.29 is 14.3 Å². The minimum Gasteiger partial charge on any atom is -0.381 e. The molecule has 4 heterocycles. The van der Waals surface area contributed by atoms with Crippen LogP contribution in [0.4, 0.5) is 5.82 Å². The molecule has 7 nitrogen and oxygen atoms in total. The lowest BCUT2D eigenvalue weighted by Gasteiger charge is -2.48. The summed E-state index contributed by atoms with van der Waals surface area (Å²) < 4.78 is 11.6. The van der Waals surface area contributed by atoms with Crippen LogP contribution in [0.2, 0.25) is 0 Å². The van der Waals surface area contributed by atoms with E-state index in [4.69, 9.17) is 9.47 Å². The van der Waals surface area contributed by atoms with Gasteiger partial charge in [0.1, 0.15) is 11.4 Å². The highest BCUT2D eigenvalue weighted by atomic mass is 16.5. The normalized spacial score (nSPS) is 28.3. The fourth-order valence-electron chi connectivity index (χ4n) is 4.23. The summed E-state index contributed by atoms with van der Waals surface area (Å²) in [7, 11) is 0. The monoisotopic (exact) mass is 346 g/mol. The predicted octanol–water partition coefficient (Wildman–Crippen LogP) is 1.10. The molecule has 3 aliphatic heterocycles. The Morgan fingerprint density at radius 2 is 2.04 bits per heavy atom. The summed E-state index contributed by atoms with van der Waals surface area (Å²) in [4.78, 5) is 25.8. The molecule has 0 saturated carbocycles. The first-order valence-corrected chi connectivity index (χ1v) is 9.27. The van der Waals surface area contributed by atoms with Crippen molar-refractivity contribution in [3.63, 3.8) is 0 Å². The van der Waals surface area contributed by atoms with Gasteiger partial charge in [0.2, 0.25) is 5.91 Å². The van der Waals surface area contributed by atoms with E-state index in [1.807, 2.05) is 4.90 Å². The van der Waals surface area contributed by atoms with Crippen LogP contribution in [0.1, 0.15) is 25.7 Å². The van der Waals surface area contributed by atoms with Gasteiger partial charge in [-0.05, 0) is 25.7 Å². The van der Waals surface area contributed by atoms with E-state index in [0.29, 0.717) is 32.9 Å². The van der Waals surface area contributed by atoms with Gasteiger partial charge in [0.15, 0.2) is 0 Å². The van der Waals surface area contributed by atoms with Crippen molar-refractivity contribution in [1.29, 1.82) is 0 Å². The molecule has 1 atom stereocenters.